The van der Waals surface area contributed by atoms with Crippen LogP contribution in [0.5, 0.6) is 5.75 Å². The standard InChI is InChI=1S/C24H29BrClN3O5/c1-34-21-7-6-17(25)11-18(21)20(8-9-30)29-22-19(26)10-16(13-27-22)23(31)28-12-14-2-4-15(5-3-14)24(32)33/h6-7,10-11,13-15,20,30H,2-5,8-9,12H2,1H3,(H,27,29)(H,28,31)(H,32,33). The van der Waals surface area contributed by atoms with Gasteiger partial charge >= 0.3 is 5.97 Å². The first-order valence-corrected chi connectivity index (χ1v) is 12.4. The molecule has 1 amide bonds. The SMILES string of the molecule is COc1ccc(Br)cc1C(CCO)Nc1ncc(C(=O)NCC2CCC(C(=O)O)CC2)cc1Cl. The zero-order chi connectivity index (χ0) is 24.7. The largest absolute Gasteiger partial charge is 0.496 e. The summed E-state index contributed by atoms with van der Waals surface area (Å²) in [5.41, 5.74) is 1.18. The van der Waals surface area contributed by atoms with E-state index in [1.807, 2.05) is 18.2 Å². The van der Waals surface area contributed by atoms with Crippen LogP contribution in [0.1, 0.15) is 54.1 Å². The van der Waals surface area contributed by atoms with E-state index in [0.717, 1.165) is 22.9 Å². The second-order valence-corrected chi connectivity index (χ2v) is 9.74. The highest BCUT2D eigenvalue weighted by Crippen LogP contribution is 2.34. The zero-order valence-electron chi connectivity index (χ0n) is 18.9. The normalized spacial score (nSPS) is 18.7. The number of aliphatic hydroxyl groups is 1. The van der Waals surface area contributed by atoms with Gasteiger partial charge in [-0.15, -0.1) is 0 Å². The van der Waals surface area contributed by atoms with Crippen molar-refractivity contribution in [2.75, 3.05) is 25.6 Å². The molecule has 1 unspecified atom stereocenters. The number of carboxylic acid groups (broad SMARTS) is 1. The van der Waals surface area contributed by atoms with Gasteiger partial charge in [0, 0.05) is 29.4 Å². The average molecular weight is 555 g/mol. The van der Waals surface area contributed by atoms with E-state index < -0.39 is 5.97 Å². The Morgan fingerprint density at radius 3 is 2.62 bits per heavy atom. The van der Waals surface area contributed by atoms with E-state index in [2.05, 4.69) is 31.5 Å². The van der Waals surface area contributed by atoms with Gasteiger partial charge in [0.15, 0.2) is 0 Å². The molecule has 1 aliphatic carbocycles. The van der Waals surface area contributed by atoms with Crippen molar-refractivity contribution in [3.63, 3.8) is 0 Å². The monoisotopic (exact) mass is 553 g/mol. The third-order valence-corrected chi connectivity index (χ3v) is 6.93. The van der Waals surface area contributed by atoms with Crippen LogP contribution in [-0.4, -0.2) is 47.3 Å². The van der Waals surface area contributed by atoms with Crippen LogP contribution in [0.15, 0.2) is 34.9 Å². The quantitative estimate of drug-likeness (QED) is 0.337. The summed E-state index contributed by atoms with van der Waals surface area (Å²) >= 11 is 9.91. The molecule has 34 heavy (non-hydrogen) atoms. The highest BCUT2D eigenvalue weighted by molar-refractivity contribution is 9.10. The maximum Gasteiger partial charge on any atom is 0.306 e. The molecule has 1 aliphatic rings. The molecule has 0 saturated heterocycles. The van der Waals surface area contributed by atoms with E-state index >= 15 is 0 Å². The molecule has 1 fully saturated rings. The van der Waals surface area contributed by atoms with Gasteiger partial charge in [0.1, 0.15) is 11.6 Å². The topological polar surface area (TPSA) is 121 Å². The minimum absolute atomic E-state index is 0.0557. The highest BCUT2D eigenvalue weighted by atomic mass is 79.9. The number of nitrogens with zero attached hydrogens (tertiary/aromatic N) is 1. The van der Waals surface area contributed by atoms with Crippen LogP contribution in [0.2, 0.25) is 5.02 Å². The highest BCUT2D eigenvalue weighted by Gasteiger charge is 2.26. The lowest BCUT2D eigenvalue weighted by Crippen LogP contribution is -2.32. The molecule has 3 rings (SSSR count). The van der Waals surface area contributed by atoms with Crippen LogP contribution < -0.4 is 15.4 Å². The lowest BCUT2D eigenvalue weighted by atomic mass is 9.82. The van der Waals surface area contributed by atoms with Gasteiger partial charge < -0.3 is 25.6 Å². The van der Waals surface area contributed by atoms with Crippen LogP contribution >= 0.6 is 27.5 Å². The van der Waals surface area contributed by atoms with Crippen molar-refractivity contribution in [1.82, 2.24) is 10.3 Å². The molecule has 1 saturated carbocycles. The van der Waals surface area contributed by atoms with E-state index in [9.17, 15) is 14.7 Å². The van der Waals surface area contributed by atoms with Crippen LogP contribution in [0.4, 0.5) is 5.82 Å². The Balaban J connectivity index is 1.64. The Labute approximate surface area is 212 Å². The van der Waals surface area contributed by atoms with Crippen molar-refractivity contribution in [2.45, 2.75) is 38.1 Å². The molecule has 0 bridgehead atoms. The first-order chi connectivity index (χ1) is 16.3. The third-order valence-electron chi connectivity index (χ3n) is 6.15. The number of carbonyl (C=O) groups excluding carboxylic acids is 1. The number of amides is 1. The number of carboxylic acids is 1. The number of rotatable bonds is 10. The molecule has 4 N–H and O–H groups in total. The summed E-state index contributed by atoms with van der Waals surface area (Å²) in [6, 6.07) is 6.85. The van der Waals surface area contributed by atoms with Crippen LogP contribution in [-0.2, 0) is 4.79 Å². The number of anilines is 1. The number of nitrogens with one attached hydrogen (secondary N) is 2. The second kappa shape index (κ2) is 12.4. The van der Waals surface area contributed by atoms with Gasteiger partial charge in [-0.3, -0.25) is 9.59 Å². The fraction of sp³-hybridized carbons (Fsp3) is 0.458. The van der Waals surface area contributed by atoms with Crippen LogP contribution in [0.3, 0.4) is 0 Å². The molecule has 1 atom stereocenters. The van der Waals surface area contributed by atoms with Gasteiger partial charge in [0.05, 0.1) is 29.7 Å². The number of hydrogen-bond donors (Lipinski definition) is 4. The third kappa shape index (κ3) is 6.84. The van der Waals surface area contributed by atoms with Crippen molar-refractivity contribution in [3.8, 4) is 5.75 Å². The molecule has 10 heteroatoms. The number of ether oxygens (including phenoxy) is 1. The van der Waals surface area contributed by atoms with Crippen LogP contribution in [0.25, 0.3) is 0 Å². The second-order valence-electron chi connectivity index (χ2n) is 8.42. The number of methoxy groups -OCH3 is 1. The van der Waals surface area contributed by atoms with Crippen LogP contribution in [0, 0.1) is 11.8 Å². The lowest BCUT2D eigenvalue weighted by Gasteiger charge is -2.26. The summed E-state index contributed by atoms with van der Waals surface area (Å²) in [6.07, 6.45) is 4.70. The number of aromatic nitrogens is 1. The number of aliphatic carboxylic acids is 1. The minimum Gasteiger partial charge on any atom is -0.496 e. The lowest BCUT2D eigenvalue weighted by molar-refractivity contribution is -0.143. The summed E-state index contributed by atoms with van der Waals surface area (Å²) in [7, 11) is 1.58. The van der Waals surface area contributed by atoms with E-state index in [4.69, 9.17) is 21.4 Å². The Morgan fingerprint density at radius 2 is 2.00 bits per heavy atom. The summed E-state index contributed by atoms with van der Waals surface area (Å²) in [6.45, 7) is 0.434. The molecular weight excluding hydrogens is 526 g/mol. The van der Waals surface area contributed by atoms with E-state index in [1.54, 1.807) is 13.2 Å². The molecule has 0 spiro atoms. The Kier molecular flexibility index (Phi) is 9.55. The summed E-state index contributed by atoms with van der Waals surface area (Å²) in [5.74, 6) is 0.0349. The summed E-state index contributed by atoms with van der Waals surface area (Å²) in [4.78, 5) is 28.0. The van der Waals surface area contributed by atoms with Gasteiger partial charge in [-0.25, -0.2) is 4.98 Å². The van der Waals surface area contributed by atoms with Crippen molar-refractivity contribution < 1.29 is 24.5 Å². The van der Waals surface area contributed by atoms with E-state index in [0.29, 0.717) is 42.9 Å². The zero-order valence-corrected chi connectivity index (χ0v) is 21.2. The van der Waals surface area contributed by atoms with Gasteiger partial charge in [0.25, 0.3) is 5.91 Å². The first kappa shape index (κ1) is 26.2. The number of carbonyl (C=O) groups is 2. The Morgan fingerprint density at radius 1 is 1.26 bits per heavy atom. The maximum atomic E-state index is 12.6. The number of pyridine rings is 1. The average Bonchev–Trinajstić information content (AvgIpc) is 2.83. The number of hydrogen-bond acceptors (Lipinski definition) is 6. The Hall–Kier alpha value is -2.36. The molecule has 1 heterocycles. The molecule has 1 aromatic carbocycles. The number of halogens is 2. The van der Waals surface area contributed by atoms with Gasteiger partial charge in [-0.1, -0.05) is 27.5 Å². The first-order valence-electron chi connectivity index (χ1n) is 11.2. The molecule has 184 valence electrons. The smallest absolute Gasteiger partial charge is 0.306 e. The van der Waals surface area contributed by atoms with Crippen molar-refractivity contribution in [1.29, 1.82) is 0 Å². The van der Waals surface area contributed by atoms with Crippen molar-refractivity contribution in [3.05, 3.63) is 51.1 Å². The Bertz CT molecular complexity index is 1010. The van der Waals surface area contributed by atoms with Crippen molar-refractivity contribution in [2.24, 2.45) is 11.8 Å². The van der Waals surface area contributed by atoms with Gasteiger partial charge in [-0.05, 0) is 62.3 Å². The van der Waals surface area contributed by atoms with E-state index in [1.165, 1.54) is 6.20 Å². The fourth-order valence-corrected chi connectivity index (χ4v) is 4.80. The molecule has 2 aromatic rings. The van der Waals surface area contributed by atoms with Gasteiger partial charge in [-0.2, -0.15) is 0 Å². The fourth-order valence-electron chi connectivity index (χ4n) is 4.20. The number of aliphatic hydroxyl groups excluding tert-OH is 1. The number of benzene rings is 1. The summed E-state index contributed by atoms with van der Waals surface area (Å²) < 4.78 is 6.33. The molecule has 0 radical (unpaired) electrons. The predicted molar refractivity (Wildman–Crippen MR) is 133 cm³/mol. The maximum absolute atomic E-state index is 12.6. The van der Waals surface area contributed by atoms with Crippen molar-refractivity contribution >= 4 is 45.2 Å². The molecular formula is C24H29BrClN3O5. The molecule has 8 nitrogen and oxygen atoms in total. The minimum atomic E-state index is -0.739. The van der Waals surface area contributed by atoms with Gasteiger partial charge in [0.2, 0.25) is 0 Å². The van der Waals surface area contributed by atoms with E-state index in [-0.39, 0.29) is 35.4 Å². The molecule has 0 aliphatic heterocycles. The predicted octanol–water partition coefficient (Wildman–Crippen LogP) is 4.66. The summed E-state index contributed by atoms with van der Waals surface area (Å²) in [5, 5.41) is 25.1. The molecule has 1 aromatic heterocycles.